The summed E-state index contributed by atoms with van der Waals surface area (Å²) in [5.74, 6) is 0. The van der Waals surface area contributed by atoms with Gasteiger partial charge >= 0.3 is 6.09 Å². The molecule has 0 atom stereocenters. The van der Waals surface area contributed by atoms with Gasteiger partial charge in [0.1, 0.15) is 5.60 Å². The molecule has 2 saturated heterocycles. The maximum Gasteiger partial charge on any atom is 0.410 e. The normalized spacial score (nSPS) is 23.4. The zero-order chi connectivity index (χ0) is 13.9. The molecule has 19 heavy (non-hydrogen) atoms. The van der Waals surface area contributed by atoms with Crippen LogP contribution in [-0.2, 0) is 4.74 Å². The number of carbonyl (C=O) groups is 1. The quantitative estimate of drug-likeness (QED) is 0.685. The van der Waals surface area contributed by atoms with Gasteiger partial charge in [-0.15, -0.1) is 0 Å². The van der Waals surface area contributed by atoms with E-state index in [1.54, 1.807) is 12.1 Å². The summed E-state index contributed by atoms with van der Waals surface area (Å²) in [6.07, 6.45) is 6.76. The van der Waals surface area contributed by atoms with Crippen LogP contribution in [0.2, 0.25) is 17.6 Å². The number of piperidine rings is 1. The van der Waals surface area contributed by atoms with E-state index in [0.717, 1.165) is 18.6 Å². The molecule has 3 nitrogen and oxygen atoms in total. The standard InChI is InChI=1S/C15H29NO2Si/c1-15(2,3)18-14(17)16-9-7-13(8-10-16)19-11-5-4-6-12-19/h13,19H,4-12H2,1-3H3. The summed E-state index contributed by atoms with van der Waals surface area (Å²) >= 11 is 0. The van der Waals surface area contributed by atoms with Crippen molar-refractivity contribution in [3.8, 4) is 0 Å². The Balaban J connectivity index is 1.77. The lowest BCUT2D eigenvalue weighted by molar-refractivity contribution is 0.0215. The molecule has 0 aliphatic carbocycles. The fourth-order valence-corrected chi connectivity index (χ4v) is 7.58. The van der Waals surface area contributed by atoms with Gasteiger partial charge in [0.2, 0.25) is 0 Å². The first-order chi connectivity index (χ1) is 8.96. The predicted octanol–water partition coefficient (Wildman–Crippen LogP) is 3.80. The Morgan fingerprint density at radius 2 is 1.68 bits per heavy atom. The van der Waals surface area contributed by atoms with Crippen molar-refractivity contribution in [3.05, 3.63) is 0 Å². The number of carbonyl (C=O) groups excluding carboxylic acids is 1. The van der Waals surface area contributed by atoms with Gasteiger partial charge < -0.3 is 9.64 Å². The summed E-state index contributed by atoms with van der Waals surface area (Å²) in [5, 5.41) is 0. The average Bonchev–Trinajstić information content (AvgIpc) is 2.38. The van der Waals surface area contributed by atoms with E-state index < -0.39 is 8.80 Å². The second kappa shape index (κ2) is 6.29. The summed E-state index contributed by atoms with van der Waals surface area (Å²) in [4.78, 5) is 13.9. The lowest BCUT2D eigenvalue weighted by Gasteiger charge is -2.37. The molecule has 0 bridgehead atoms. The zero-order valence-corrected chi connectivity index (χ0v) is 13.9. The first-order valence-corrected chi connectivity index (χ1v) is 10.2. The molecule has 0 aromatic carbocycles. The van der Waals surface area contributed by atoms with E-state index in [4.69, 9.17) is 4.74 Å². The van der Waals surface area contributed by atoms with Crippen LogP contribution in [0.5, 0.6) is 0 Å². The van der Waals surface area contributed by atoms with E-state index in [-0.39, 0.29) is 11.7 Å². The monoisotopic (exact) mass is 283 g/mol. The van der Waals surface area contributed by atoms with E-state index in [1.807, 2.05) is 25.7 Å². The van der Waals surface area contributed by atoms with E-state index in [9.17, 15) is 4.79 Å². The van der Waals surface area contributed by atoms with Crippen LogP contribution in [0.3, 0.4) is 0 Å². The molecule has 0 spiro atoms. The topological polar surface area (TPSA) is 29.5 Å². The lowest BCUT2D eigenvalue weighted by Crippen LogP contribution is -2.43. The number of amides is 1. The van der Waals surface area contributed by atoms with E-state index >= 15 is 0 Å². The molecule has 2 heterocycles. The SMILES string of the molecule is CC(C)(C)OC(=O)N1CCC([SiH]2CCCCC2)CC1. The van der Waals surface area contributed by atoms with E-state index in [1.165, 1.54) is 32.1 Å². The molecular weight excluding hydrogens is 254 g/mol. The van der Waals surface area contributed by atoms with Crippen molar-refractivity contribution in [1.82, 2.24) is 4.90 Å². The van der Waals surface area contributed by atoms with E-state index in [2.05, 4.69) is 0 Å². The first kappa shape index (κ1) is 14.9. The maximum atomic E-state index is 12.0. The molecule has 1 amide bonds. The van der Waals surface area contributed by atoms with Crippen LogP contribution in [0.15, 0.2) is 0 Å². The van der Waals surface area contributed by atoms with Gasteiger partial charge in [-0.05, 0) is 39.2 Å². The van der Waals surface area contributed by atoms with Crippen molar-refractivity contribution in [3.63, 3.8) is 0 Å². The Bertz CT molecular complexity index is 300. The zero-order valence-electron chi connectivity index (χ0n) is 12.8. The van der Waals surface area contributed by atoms with Gasteiger partial charge in [-0.3, -0.25) is 0 Å². The molecule has 0 unspecified atom stereocenters. The highest BCUT2D eigenvalue weighted by Gasteiger charge is 2.31. The number of hydrogen-bond acceptors (Lipinski definition) is 2. The Labute approximate surface area is 119 Å². The van der Waals surface area contributed by atoms with Crippen molar-refractivity contribution < 1.29 is 9.53 Å². The fourth-order valence-electron chi connectivity index (χ4n) is 3.49. The predicted molar refractivity (Wildman–Crippen MR) is 81.4 cm³/mol. The highest BCUT2D eigenvalue weighted by Crippen LogP contribution is 2.34. The second-order valence-electron chi connectivity index (χ2n) is 7.20. The minimum Gasteiger partial charge on any atom is -0.444 e. The Kier molecular flexibility index (Phi) is 4.93. The first-order valence-electron chi connectivity index (χ1n) is 7.93. The molecule has 110 valence electrons. The van der Waals surface area contributed by atoms with Crippen LogP contribution in [0.25, 0.3) is 0 Å². The molecule has 0 N–H and O–H groups in total. The van der Waals surface area contributed by atoms with Gasteiger partial charge in [-0.1, -0.05) is 31.4 Å². The molecule has 0 radical (unpaired) electrons. The highest BCUT2D eigenvalue weighted by atomic mass is 28.3. The summed E-state index contributed by atoms with van der Waals surface area (Å²) in [7, 11) is -0.487. The smallest absolute Gasteiger partial charge is 0.410 e. The second-order valence-corrected chi connectivity index (χ2v) is 10.8. The Morgan fingerprint density at radius 1 is 1.11 bits per heavy atom. The Morgan fingerprint density at radius 3 is 2.21 bits per heavy atom. The molecule has 0 saturated carbocycles. The third-order valence-electron chi connectivity index (χ3n) is 4.51. The number of nitrogens with zero attached hydrogens (tertiary/aromatic N) is 1. The van der Waals surface area contributed by atoms with Gasteiger partial charge in [0.25, 0.3) is 0 Å². The highest BCUT2D eigenvalue weighted by molar-refractivity contribution is 6.60. The molecule has 2 aliphatic heterocycles. The minimum absolute atomic E-state index is 0.115. The third kappa shape index (κ3) is 4.51. The number of likely N-dealkylation sites (tertiary alicyclic amines) is 1. The van der Waals surface area contributed by atoms with Crippen molar-refractivity contribution >= 4 is 14.9 Å². The molecular formula is C15H29NO2Si. The summed E-state index contributed by atoms with van der Waals surface area (Å²) in [6, 6.07) is 3.11. The van der Waals surface area contributed by atoms with Crippen LogP contribution in [-0.4, -0.2) is 38.5 Å². The van der Waals surface area contributed by atoms with Crippen LogP contribution in [0, 0.1) is 0 Å². The number of rotatable bonds is 1. The minimum atomic E-state index is -0.487. The Hall–Kier alpha value is -0.513. The average molecular weight is 283 g/mol. The molecule has 2 fully saturated rings. The third-order valence-corrected chi connectivity index (χ3v) is 8.81. The molecule has 0 aromatic heterocycles. The summed E-state index contributed by atoms with van der Waals surface area (Å²) in [5.41, 5.74) is 0.616. The van der Waals surface area contributed by atoms with Crippen molar-refractivity contribution in [2.45, 2.75) is 76.1 Å². The lowest BCUT2D eigenvalue weighted by atomic mass is 10.1. The van der Waals surface area contributed by atoms with Crippen LogP contribution >= 0.6 is 0 Å². The van der Waals surface area contributed by atoms with Crippen molar-refractivity contribution in [2.75, 3.05) is 13.1 Å². The van der Waals surface area contributed by atoms with Gasteiger partial charge in [0, 0.05) is 21.9 Å². The largest absolute Gasteiger partial charge is 0.444 e. The molecule has 2 aliphatic rings. The van der Waals surface area contributed by atoms with Crippen molar-refractivity contribution in [1.29, 1.82) is 0 Å². The van der Waals surface area contributed by atoms with Crippen molar-refractivity contribution in [2.24, 2.45) is 0 Å². The fraction of sp³-hybridized carbons (Fsp3) is 0.933. The van der Waals surface area contributed by atoms with Gasteiger partial charge in [0.05, 0.1) is 0 Å². The van der Waals surface area contributed by atoms with E-state index in [0.29, 0.717) is 0 Å². The molecule has 0 aromatic rings. The summed E-state index contributed by atoms with van der Waals surface area (Å²) in [6.45, 7) is 7.65. The number of ether oxygens (including phenoxy) is 1. The summed E-state index contributed by atoms with van der Waals surface area (Å²) < 4.78 is 5.46. The van der Waals surface area contributed by atoms with Gasteiger partial charge in [-0.25, -0.2) is 4.79 Å². The van der Waals surface area contributed by atoms with Gasteiger partial charge in [0.15, 0.2) is 0 Å². The maximum absolute atomic E-state index is 12.0. The van der Waals surface area contributed by atoms with Crippen LogP contribution in [0.4, 0.5) is 4.79 Å². The molecule has 4 heteroatoms. The van der Waals surface area contributed by atoms with Crippen LogP contribution < -0.4 is 0 Å². The van der Waals surface area contributed by atoms with Crippen LogP contribution in [0.1, 0.15) is 52.9 Å². The number of hydrogen-bond donors (Lipinski definition) is 0. The molecule has 2 rings (SSSR count). The van der Waals surface area contributed by atoms with Gasteiger partial charge in [-0.2, -0.15) is 0 Å².